The van der Waals surface area contributed by atoms with Gasteiger partial charge >= 0.3 is 0 Å². The van der Waals surface area contributed by atoms with Crippen molar-refractivity contribution in [2.24, 2.45) is 0 Å². The summed E-state index contributed by atoms with van der Waals surface area (Å²) in [4.78, 5) is 46.1. The van der Waals surface area contributed by atoms with Crippen molar-refractivity contribution in [2.75, 3.05) is 33.4 Å². The van der Waals surface area contributed by atoms with Gasteiger partial charge in [0.15, 0.2) is 18.1 Å². The maximum absolute atomic E-state index is 13.8. The molecular formula is C36H36N4O7. The lowest BCUT2D eigenvalue weighted by Gasteiger charge is -2.23. The lowest BCUT2D eigenvalue weighted by molar-refractivity contribution is -0.123. The molecular weight excluding hydrogens is 600 g/mol. The summed E-state index contributed by atoms with van der Waals surface area (Å²) in [6, 6.07) is 21.0. The molecule has 1 aromatic heterocycles. The van der Waals surface area contributed by atoms with Gasteiger partial charge in [-0.1, -0.05) is 24.3 Å². The Morgan fingerprint density at radius 1 is 1.02 bits per heavy atom. The zero-order valence-corrected chi connectivity index (χ0v) is 26.4. The molecule has 3 aliphatic rings. The summed E-state index contributed by atoms with van der Waals surface area (Å²) in [6.07, 6.45) is 0.963. The number of benzene rings is 3. The summed E-state index contributed by atoms with van der Waals surface area (Å²) in [5.41, 5.74) is 4.23. The lowest BCUT2D eigenvalue weighted by atomic mass is 9.97. The van der Waals surface area contributed by atoms with Crippen LogP contribution in [0.3, 0.4) is 0 Å². The molecule has 0 aliphatic carbocycles. The Bertz CT molecular complexity index is 1810. The molecule has 242 valence electrons. The van der Waals surface area contributed by atoms with E-state index in [2.05, 4.69) is 15.6 Å². The highest BCUT2D eigenvalue weighted by Gasteiger charge is 2.39. The second-order valence-electron chi connectivity index (χ2n) is 11.3. The van der Waals surface area contributed by atoms with E-state index in [4.69, 9.17) is 18.9 Å². The van der Waals surface area contributed by atoms with Crippen LogP contribution in [0.5, 0.6) is 23.1 Å². The average Bonchev–Trinajstić information content (AvgIpc) is 3.48. The SMILES string of the molecule is CCOc1ncccc1C(=O)N1C[C@@H]2NC(=O)c3ccc(C)c(c3)-c3cccc(c3)OCC(=O)NCc3ccc(c(OC)c3)O[C@H]2C1. The van der Waals surface area contributed by atoms with E-state index in [1.54, 1.807) is 47.5 Å². The molecule has 0 spiro atoms. The summed E-state index contributed by atoms with van der Waals surface area (Å²) in [5, 5.41) is 6.00. The largest absolute Gasteiger partial charge is 0.493 e. The molecule has 7 rings (SSSR count). The minimum absolute atomic E-state index is 0.160. The molecule has 0 radical (unpaired) electrons. The lowest BCUT2D eigenvalue weighted by Crippen LogP contribution is -2.45. The van der Waals surface area contributed by atoms with Crippen LogP contribution >= 0.6 is 0 Å². The van der Waals surface area contributed by atoms with Gasteiger partial charge in [-0.2, -0.15) is 0 Å². The van der Waals surface area contributed by atoms with E-state index in [0.29, 0.717) is 35.0 Å². The van der Waals surface area contributed by atoms with Crippen molar-refractivity contribution in [2.45, 2.75) is 32.5 Å². The van der Waals surface area contributed by atoms with Gasteiger partial charge in [0.05, 0.1) is 26.3 Å². The highest BCUT2D eigenvalue weighted by Crippen LogP contribution is 2.32. The van der Waals surface area contributed by atoms with Crippen LogP contribution in [0, 0.1) is 6.92 Å². The third kappa shape index (κ3) is 6.99. The summed E-state index contributed by atoms with van der Waals surface area (Å²) < 4.78 is 23.5. The van der Waals surface area contributed by atoms with Gasteiger partial charge in [0, 0.05) is 24.8 Å². The van der Waals surface area contributed by atoms with Crippen LogP contribution in [0.25, 0.3) is 11.1 Å². The number of hydrogen-bond acceptors (Lipinski definition) is 8. The highest BCUT2D eigenvalue weighted by atomic mass is 16.5. The van der Waals surface area contributed by atoms with Crippen molar-refractivity contribution in [3.8, 4) is 34.3 Å². The van der Waals surface area contributed by atoms with Gasteiger partial charge in [-0.05, 0) is 84.6 Å². The first-order valence-electron chi connectivity index (χ1n) is 15.4. The first-order chi connectivity index (χ1) is 22.8. The topological polar surface area (TPSA) is 128 Å². The second kappa shape index (κ2) is 13.8. The van der Waals surface area contributed by atoms with Gasteiger partial charge in [0.2, 0.25) is 5.88 Å². The fourth-order valence-corrected chi connectivity index (χ4v) is 5.74. The molecule has 1 fully saturated rings. The van der Waals surface area contributed by atoms with Gasteiger partial charge in [-0.3, -0.25) is 14.4 Å². The predicted octanol–water partition coefficient (Wildman–Crippen LogP) is 4.17. The predicted molar refractivity (Wildman–Crippen MR) is 174 cm³/mol. The Morgan fingerprint density at radius 3 is 2.72 bits per heavy atom. The Balaban J connectivity index is 1.36. The number of nitrogens with zero attached hydrogens (tertiary/aromatic N) is 2. The van der Waals surface area contributed by atoms with Crippen molar-refractivity contribution in [3.63, 3.8) is 0 Å². The summed E-state index contributed by atoms with van der Waals surface area (Å²) >= 11 is 0. The number of hydrogen-bond donors (Lipinski definition) is 2. The monoisotopic (exact) mass is 636 g/mol. The van der Waals surface area contributed by atoms with Crippen LogP contribution in [-0.2, 0) is 11.3 Å². The number of aromatic nitrogens is 1. The molecule has 1 saturated heterocycles. The van der Waals surface area contributed by atoms with E-state index in [1.165, 1.54) is 7.11 Å². The Morgan fingerprint density at radius 2 is 1.89 bits per heavy atom. The van der Waals surface area contributed by atoms with Gasteiger partial charge in [-0.25, -0.2) is 4.98 Å². The number of rotatable bonds is 4. The van der Waals surface area contributed by atoms with Gasteiger partial charge in [-0.15, -0.1) is 0 Å². The summed E-state index contributed by atoms with van der Waals surface area (Å²) in [7, 11) is 1.53. The Kier molecular flexibility index (Phi) is 9.23. The van der Waals surface area contributed by atoms with E-state index < -0.39 is 12.1 Å². The third-order valence-corrected chi connectivity index (χ3v) is 8.16. The molecule has 3 aliphatic heterocycles. The normalized spacial score (nSPS) is 17.8. The molecule has 2 atom stereocenters. The molecule has 2 N–H and O–H groups in total. The van der Waals surface area contributed by atoms with Crippen LogP contribution in [-0.4, -0.2) is 73.2 Å². The summed E-state index contributed by atoms with van der Waals surface area (Å²) in [5.74, 6) is 0.795. The molecule has 4 aromatic rings. The van der Waals surface area contributed by atoms with E-state index in [9.17, 15) is 14.4 Å². The average molecular weight is 637 g/mol. The van der Waals surface area contributed by atoms with Gasteiger partial charge in [0.1, 0.15) is 17.4 Å². The van der Waals surface area contributed by atoms with Crippen molar-refractivity contribution >= 4 is 17.7 Å². The minimum atomic E-state index is -0.612. The van der Waals surface area contributed by atoms with Crippen LogP contribution in [0.15, 0.2) is 79.0 Å². The minimum Gasteiger partial charge on any atom is -0.493 e. The molecule has 3 amide bonds. The van der Waals surface area contributed by atoms with Crippen LogP contribution in [0.1, 0.15) is 38.8 Å². The number of methoxy groups -OCH3 is 1. The number of carbonyl (C=O) groups excluding carboxylic acids is 3. The quantitative estimate of drug-likeness (QED) is 0.342. The molecule has 11 nitrogen and oxygen atoms in total. The first-order valence-corrected chi connectivity index (χ1v) is 15.4. The van der Waals surface area contributed by atoms with E-state index >= 15 is 0 Å². The van der Waals surface area contributed by atoms with Crippen molar-refractivity contribution in [3.05, 3.63) is 101 Å². The standard InChI is InChI=1S/C36H36N4O7/c1-4-45-35-27(9-6-14-37-35)36(43)40-19-29-32(20-40)47-30-13-11-23(15-31(30)44-3)18-38-33(41)21-46-26-8-5-7-24(16-26)28-17-25(34(42)39-29)12-10-22(28)2/h5-17,29,32H,4,18-21H2,1-3H3,(H,38,41)(H,39,42)/t29-,32-/m0/s1. The molecule has 0 unspecified atom stereocenters. The number of fused-ring (bicyclic) bond motifs is 7. The number of carbonyl (C=O) groups is 3. The molecule has 0 saturated carbocycles. The van der Waals surface area contributed by atoms with E-state index in [0.717, 1.165) is 22.3 Å². The number of amides is 3. The molecule has 6 bridgehead atoms. The van der Waals surface area contributed by atoms with E-state index in [1.807, 2.05) is 50.2 Å². The number of aryl methyl sites for hydroxylation is 1. The third-order valence-electron chi connectivity index (χ3n) is 8.16. The zero-order chi connectivity index (χ0) is 32.9. The first kappa shape index (κ1) is 31.4. The molecule has 47 heavy (non-hydrogen) atoms. The van der Waals surface area contributed by atoms with Crippen molar-refractivity contribution < 1.29 is 33.3 Å². The van der Waals surface area contributed by atoms with Crippen LogP contribution < -0.4 is 29.6 Å². The zero-order valence-electron chi connectivity index (χ0n) is 26.4. The molecule has 4 heterocycles. The second-order valence-corrected chi connectivity index (χ2v) is 11.3. The van der Waals surface area contributed by atoms with Crippen molar-refractivity contribution in [1.82, 2.24) is 20.5 Å². The van der Waals surface area contributed by atoms with Gasteiger partial charge < -0.3 is 34.5 Å². The fraction of sp³-hybridized carbons (Fsp3) is 0.278. The van der Waals surface area contributed by atoms with E-state index in [-0.39, 0.29) is 49.8 Å². The molecule has 3 aromatic carbocycles. The maximum atomic E-state index is 13.8. The molecule has 11 heteroatoms. The highest BCUT2D eigenvalue weighted by molar-refractivity contribution is 5.98. The number of ether oxygens (including phenoxy) is 4. The fourth-order valence-electron chi connectivity index (χ4n) is 5.74. The van der Waals surface area contributed by atoms with Crippen LogP contribution in [0.2, 0.25) is 0 Å². The van der Waals surface area contributed by atoms with Gasteiger partial charge in [0.25, 0.3) is 17.7 Å². The number of nitrogens with one attached hydrogen (secondary N) is 2. The summed E-state index contributed by atoms with van der Waals surface area (Å²) in [6.45, 7) is 4.63. The maximum Gasteiger partial charge on any atom is 0.259 e. The number of likely N-dealkylation sites (tertiary alicyclic amines) is 1. The number of pyridine rings is 1. The van der Waals surface area contributed by atoms with Crippen LogP contribution in [0.4, 0.5) is 0 Å². The Hall–Kier alpha value is -5.58. The smallest absolute Gasteiger partial charge is 0.259 e. The van der Waals surface area contributed by atoms with Crippen molar-refractivity contribution in [1.29, 1.82) is 0 Å². The Labute approximate surface area is 272 Å².